The molecule has 1 fully saturated rings. The van der Waals surface area contributed by atoms with Crippen LogP contribution in [0.2, 0.25) is 0 Å². The second kappa shape index (κ2) is 8.28. The zero-order valence-electron chi connectivity index (χ0n) is 18.8. The Morgan fingerprint density at radius 3 is 2.74 bits per heavy atom. The van der Waals surface area contributed by atoms with Gasteiger partial charge in [0.25, 0.3) is 0 Å². The zero-order valence-corrected chi connectivity index (χ0v) is 18.8. The Hall–Kier alpha value is -2.97. The number of anilines is 1. The van der Waals surface area contributed by atoms with Gasteiger partial charge < -0.3 is 9.64 Å². The lowest BCUT2D eigenvalue weighted by Crippen LogP contribution is -2.45. The van der Waals surface area contributed by atoms with Gasteiger partial charge in [-0.05, 0) is 56.1 Å². The fraction of sp³-hybridized carbons (Fsp3) is 0.423. The molecule has 2 aromatic rings. The summed E-state index contributed by atoms with van der Waals surface area (Å²) in [6.45, 7) is 5.58. The van der Waals surface area contributed by atoms with Gasteiger partial charge in [-0.2, -0.15) is 0 Å². The Morgan fingerprint density at radius 2 is 2.03 bits per heavy atom. The average molecular weight is 418 g/mol. The predicted molar refractivity (Wildman–Crippen MR) is 124 cm³/mol. The van der Waals surface area contributed by atoms with Crippen LogP contribution in [-0.4, -0.2) is 55.3 Å². The van der Waals surface area contributed by atoms with Crippen molar-refractivity contribution in [1.82, 2.24) is 9.80 Å². The van der Waals surface area contributed by atoms with E-state index in [1.165, 1.54) is 11.3 Å². The molecule has 0 N–H and O–H groups in total. The summed E-state index contributed by atoms with van der Waals surface area (Å²) in [5.41, 5.74) is 3.64. The monoisotopic (exact) mass is 417 g/mol. The molecule has 2 heterocycles. The number of fused-ring (bicyclic) bond motifs is 3. The van der Waals surface area contributed by atoms with Crippen LogP contribution in [0.5, 0.6) is 5.75 Å². The molecule has 2 aliphatic rings. The smallest absolute Gasteiger partial charge is 0.410 e. The molecule has 3 unspecified atom stereocenters. The fourth-order valence-corrected chi connectivity index (χ4v) is 5.34. The molecular weight excluding hydrogens is 386 g/mol. The number of carbonyl (C=O) groups is 1. The SMILES string of the molecule is C#CCN(C(=O)Oc1ccc2c(c1)C1(C)CCN(C)C1N2C)C(C)Cc1ccccc1. The Kier molecular flexibility index (Phi) is 5.68. The van der Waals surface area contributed by atoms with E-state index in [9.17, 15) is 4.79 Å². The zero-order chi connectivity index (χ0) is 22.2. The molecule has 2 aromatic carbocycles. The highest BCUT2D eigenvalue weighted by Crippen LogP contribution is 2.51. The molecule has 4 rings (SSSR count). The molecule has 0 radical (unpaired) electrons. The number of nitrogens with zero attached hydrogens (tertiary/aromatic N) is 3. The summed E-state index contributed by atoms with van der Waals surface area (Å²) < 4.78 is 5.83. The number of hydrogen-bond donors (Lipinski definition) is 0. The van der Waals surface area contributed by atoms with Crippen LogP contribution in [0, 0.1) is 12.3 Å². The van der Waals surface area contributed by atoms with Crippen LogP contribution >= 0.6 is 0 Å². The molecule has 0 aliphatic carbocycles. The molecule has 0 spiro atoms. The van der Waals surface area contributed by atoms with E-state index in [4.69, 9.17) is 11.2 Å². The van der Waals surface area contributed by atoms with Gasteiger partial charge in [0.2, 0.25) is 0 Å². The first kappa shape index (κ1) is 21.3. The van der Waals surface area contributed by atoms with Gasteiger partial charge in [0.05, 0.1) is 12.7 Å². The summed E-state index contributed by atoms with van der Waals surface area (Å²) in [6, 6.07) is 16.0. The largest absolute Gasteiger partial charge is 0.416 e. The Balaban J connectivity index is 1.53. The van der Waals surface area contributed by atoms with Gasteiger partial charge in [0.1, 0.15) is 5.75 Å². The van der Waals surface area contributed by atoms with Crippen LogP contribution in [0.1, 0.15) is 31.4 Å². The third-order valence-corrected chi connectivity index (χ3v) is 6.91. The highest BCUT2D eigenvalue weighted by Gasteiger charge is 2.52. The normalized spacial score (nSPS) is 23.1. The number of likely N-dealkylation sites (tertiary alicyclic amines) is 1. The number of ether oxygens (including phenoxy) is 1. The van der Waals surface area contributed by atoms with Gasteiger partial charge >= 0.3 is 6.09 Å². The van der Waals surface area contributed by atoms with Gasteiger partial charge in [-0.3, -0.25) is 9.80 Å². The van der Waals surface area contributed by atoms with Crippen molar-refractivity contribution < 1.29 is 9.53 Å². The first-order chi connectivity index (χ1) is 14.8. The van der Waals surface area contributed by atoms with E-state index >= 15 is 0 Å². The average Bonchev–Trinajstić information content (AvgIpc) is 3.18. The summed E-state index contributed by atoms with van der Waals surface area (Å²) in [5.74, 6) is 3.17. The quantitative estimate of drug-likeness (QED) is 0.686. The number of amides is 1. The molecule has 0 aromatic heterocycles. The minimum absolute atomic E-state index is 0.0281. The second-order valence-electron chi connectivity index (χ2n) is 9.05. The molecule has 3 atom stereocenters. The van der Waals surface area contributed by atoms with Crippen LogP contribution in [0.15, 0.2) is 48.5 Å². The lowest BCUT2D eigenvalue weighted by molar-refractivity contribution is 0.142. The highest BCUT2D eigenvalue weighted by atomic mass is 16.6. The van der Waals surface area contributed by atoms with E-state index in [0.29, 0.717) is 11.9 Å². The topological polar surface area (TPSA) is 36.0 Å². The van der Waals surface area contributed by atoms with E-state index in [2.05, 4.69) is 54.9 Å². The van der Waals surface area contributed by atoms with Gasteiger partial charge in [-0.1, -0.05) is 43.2 Å². The summed E-state index contributed by atoms with van der Waals surface area (Å²) in [6.07, 6.45) is 7.29. The molecule has 1 amide bonds. The van der Waals surface area contributed by atoms with Gasteiger partial charge in [0, 0.05) is 30.7 Å². The number of carbonyl (C=O) groups excluding carboxylic acids is 1. The van der Waals surface area contributed by atoms with Crippen LogP contribution in [-0.2, 0) is 11.8 Å². The molecule has 162 valence electrons. The fourth-order valence-electron chi connectivity index (χ4n) is 5.34. The van der Waals surface area contributed by atoms with E-state index in [-0.39, 0.29) is 18.0 Å². The van der Waals surface area contributed by atoms with Crippen molar-refractivity contribution in [3.05, 3.63) is 59.7 Å². The van der Waals surface area contributed by atoms with Crippen molar-refractivity contribution in [2.45, 2.75) is 44.3 Å². The van der Waals surface area contributed by atoms with Crippen LogP contribution in [0.3, 0.4) is 0 Å². The minimum Gasteiger partial charge on any atom is -0.410 e. The summed E-state index contributed by atoms with van der Waals surface area (Å²) in [7, 11) is 4.31. The third-order valence-electron chi connectivity index (χ3n) is 6.91. The number of terminal acetylenes is 1. The minimum atomic E-state index is -0.405. The van der Waals surface area contributed by atoms with Crippen LogP contribution in [0.4, 0.5) is 10.5 Å². The molecule has 0 saturated carbocycles. The third kappa shape index (κ3) is 3.77. The number of hydrogen-bond acceptors (Lipinski definition) is 4. The second-order valence-corrected chi connectivity index (χ2v) is 9.05. The lowest BCUT2D eigenvalue weighted by atomic mass is 9.81. The molecule has 0 bridgehead atoms. The maximum Gasteiger partial charge on any atom is 0.416 e. The van der Waals surface area contributed by atoms with E-state index in [1.807, 2.05) is 37.3 Å². The lowest BCUT2D eigenvalue weighted by Gasteiger charge is -2.32. The maximum absolute atomic E-state index is 13.0. The van der Waals surface area contributed by atoms with Crippen molar-refractivity contribution >= 4 is 11.8 Å². The maximum atomic E-state index is 13.0. The molecule has 2 aliphatic heterocycles. The van der Waals surface area contributed by atoms with Crippen LogP contribution < -0.4 is 9.64 Å². The Labute approximate surface area is 185 Å². The standard InChI is InChI=1S/C26H31N3O2/c1-6-15-29(19(2)17-20-10-8-7-9-11-20)25(30)31-21-12-13-23-22(18-21)26(3)14-16-27(4)24(26)28(23)5/h1,7-13,18-19,24H,14-17H2,2-5H3. The van der Waals surface area contributed by atoms with Crippen molar-refractivity contribution in [2.75, 3.05) is 32.1 Å². The van der Waals surface area contributed by atoms with Gasteiger partial charge in [0.15, 0.2) is 0 Å². The number of rotatable bonds is 5. The van der Waals surface area contributed by atoms with Crippen molar-refractivity contribution in [3.63, 3.8) is 0 Å². The van der Waals surface area contributed by atoms with E-state index in [0.717, 1.165) is 24.9 Å². The molecule has 31 heavy (non-hydrogen) atoms. The molecule has 1 saturated heterocycles. The van der Waals surface area contributed by atoms with E-state index in [1.54, 1.807) is 4.90 Å². The highest BCUT2D eigenvalue weighted by molar-refractivity contribution is 5.73. The van der Waals surface area contributed by atoms with Crippen LogP contribution in [0.25, 0.3) is 0 Å². The summed E-state index contributed by atoms with van der Waals surface area (Å²) >= 11 is 0. The molecule has 5 nitrogen and oxygen atoms in total. The number of likely N-dealkylation sites (N-methyl/N-ethyl adjacent to an activating group) is 2. The van der Waals surface area contributed by atoms with Crippen molar-refractivity contribution in [2.24, 2.45) is 0 Å². The van der Waals surface area contributed by atoms with Crippen molar-refractivity contribution in [3.8, 4) is 18.1 Å². The van der Waals surface area contributed by atoms with Gasteiger partial charge in [-0.25, -0.2) is 4.79 Å². The molecule has 5 heteroatoms. The van der Waals surface area contributed by atoms with Gasteiger partial charge in [-0.15, -0.1) is 6.42 Å². The predicted octanol–water partition coefficient (Wildman–Crippen LogP) is 4.12. The summed E-state index contributed by atoms with van der Waals surface area (Å²) in [4.78, 5) is 19.4. The first-order valence-corrected chi connectivity index (χ1v) is 10.9. The molecular formula is C26H31N3O2. The number of benzene rings is 2. The summed E-state index contributed by atoms with van der Waals surface area (Å²) in [5, 5.41) is 0. The first-order valence-electron chi connectivity index (χ1n) is 10.9. The van der Waals surface area contributed by atoms with Crippen molar-refractivity contribution in [1.29, 1.82) is 0 Å². The Bertz CT molecular complexity index is 999. The Morgan fingerprint density at radius 1 is 1.29 bits per heavy atom. The van der Waals surface area contributed by atoms with E-state index < -0.39 is 6.09 Å².